The average Bonchev–Trinajstić information content (AvgIpc) is 2.86. The third-order valence-corrected chi connectivity index (χ3v) is 6.65. The molecule has 36 heavy (non-hydrogen) atoms. The van der Waals surface area contributed by atoms with E-state index >= 15 is 0 Å². The first-order valence-corrected chi connectivity index (χ1v) is 14.0. The second-order valence-corrected chi connectivity index (χ2v) is 9.96. The van der Waals surface area contributed by atoms with E-state index in [2.05, 4.69) is 27.7 Å². The van der Waals surface area contributed by atoms with Crippen LogP contribution in [0.5, 0.6) is 11.5 Å². The Labute approximate surface area is 216 Å². The summed E-state index contributed by atoms with van der Waals surface area (Å²) in [6.07, 6.45) is 12.8. The van der Waals surface area contributed by atoms with Gasteiger partial charge in [-0.3, -0.25) is 14.9 Å². The lowest BCUT2D eigenvalue weighted by molar-refractivity contribution is -0.384. The largest absolute Gasteiger partial charge is 0.489 e. The van der Waals surface area contributed by atoms with Crippen LogP contribution >= 0.6 is 0 Å². The second-order valence-electron chi connectivity index (χ2n) is 9.96. The van der Waals surface area contributed by atoms with E-state index < -0.39 is 4.92 Å². The summed E-state index contributed by atoms with van der Waals surface area (Å²) in [5, 5.41) is 12.2. The van der Waals surface area contributed by atoms with Crippen molar-refractivity contribution in [2.45, 2.75) is 111 Å². The summed E-state index contributed by atoms with van der Waals surface area (Å²) in [5.41, 5.74) is 0.252. The predicted octanol–water partition coefficient (Wildman–Crippen LogP) is 8.04. The first-order chi connectivity index (χ1) is 17.4. The van der Waals surface area contributed by atoms with Crippen LogP contribution in [0.3, 0.4) is 0 Å². The molecule has 0 aliphatic rings. The van der Waals surface area contributed by atoms with E-state index in [-0.39, 0.29) is 17.0 Å². The van der Waals surface area contributed by atoms with Gasteiger partial charge in [-0.05, 0) is 31.2 Å². The van der Waals surface area contributed by atoms with Gasteiger partial charge in [-0.25, -0.2) is 0 Å². The molecule has 2 rings (SSSR count). The number of non-ortho nitro benzene ring substituents is 1. The van der Waals surface area contributed by atoms with Gasteiger partial charge in [0.05, 0.1) is 23.7 Å². The minimum atomic E-state index is -0.416. The first-order valence-electron chi connectivity index (χ1n) is 14.0. The molecule has 0 saturated heterocycles. The lowest BCUT2D eigenvalue weighted by Gasteiger charge is -2.20. The number of nitrogens with zero attached hydrogens (tertiary/aromatic N) is 2. The summed E-state index contributed by atoms with van der Waals surface area (Å²) in [6.45, 7) is 10.0. The normalized spacial score (nSPS) is 12.1. The van der Waals surface area contributed by atoms with Gasteiger partial charge in [0.1, 0.15) is 0 Å². The molecular weight excluding hydrogens is 456 g/mol. The summed E-state index contributed by atoms with van der Waals surface area (Å²) < 4.78 is 14.0. The van der Waals surface area contributed by atoms with E-state index in [4.69, 9.17) is 9.47 Å². The number of unbranched alkanes of at least 4 members (excludes halogenated alkanes) is 8. The minimum absolute atomic E-state index is 0.0299. The Hall–Kier alpha value is -2.57. The van der Waals surface area contributed by atoms with Crippen LogP contribution in [0.25, 0.3) is 10.9 Å². The molecule has 0 saturated carbocycles. The van der Waals surface area contributed by atoms with Crippen LogP contribution in [0.2, 0.25) is 0 Å². The van der Waals surface area contributed by atoms with Gasteiger partial charge in [0.25, 0.3) is 11.2 Å². The Bertz CT molecular complexity index is 1000. The van der Waals surface area contributed by atoms with Crippen molar-refractivity contribution in [3.05, 3.63) is 38.7 Å². The maximum atomic E-state index is 13.7. The van der Waals surface area contributed by atoms with Crippen LogP contribution in [-0.2, 0) is 6.54 Å². The number of fused-ring (bicyclic) bond motifs is 1. The molecule has 0 aliphatic heterocycles. The van der Waals surface area contributed by atoms with Crippen molar-refractivity contribution in [2.75, 3.05) is 13.2 Å². The maximum Gasteiger partial charge on any atom is 0.297 e. The van der Waals surface area contributed by atoms with Gasteiger partial charge in [-0.15, -0.1) is 0 Å². The zero-order valence-corrected chi connectivity index (χ0v) is 22.9. The SMILES string of the molecule is CCCCCCCCn1c(=O)c(OCC(C)CCC)c(OCCCCCC)c2ccc([N+](=O)[O-])cc21. The molecule has 7 heteroatoms. The summed E-state index contributed by atoms with van der Waals surface area (Å²) in [7, 11) is 0. The Balaban J connectivity index is 2.47. The number of hydrogen-bond donors (Lipinski definition) is 0. The van der Waals surface area contributed by atoms with Crippen molar-refractivity contribution >= 4 is 16.6 Å². The van der Waals surface area contributed by atoms with Gasteiger partial charge in [-0.1, -0.05) is 85.5 Å². The molecule has 1 unspecified atom stereocenters. The average molecular weight is 503 g/mol. The highest BCUT2D eigenvalue weighted by Gasteiger charge is 2.22. The van der Waals surface area contributed by atoms with Gasteiger partial charge < -0.3 is 14.0 Å². The van der Waals surface area contributed by atoms with Crippen molar-refractivity contribution in [3.63, 3.8) is 0 Å². The van der Waals surface area contributed by atoms with Crippen LogP contribution in [-0.4, -0.2) is 22.7 Å². The number of nitro groups is 1. The van der Waals surface area contributed by atoms with Gasteiger partial charge in [0.15, 0.2) is 5.75 Å². The van der Waals surface area contributed by atoms with Crippen molar-refractivity contribution < 1.29 is 14.4 Å². The van der Waals surface area contributed by atoms with E-state index in [0.29, 0.717) is 42.3 Å². The second kappa shape index (κ2) is 16.2. The number of aryl methyl sites for hydroxylation is 1. The molecule has 7 nitrogen and oxygen atoms in total. The monoisotopic (exact) mass is 502 g/mol. The van der Waals surface area contributed by atoms with Crippen LogP contribution < -0.4 is 15.0 Å². The number of rotatable bonds is 19. The summed E-state index contributed by atoms with van der Waals surface area (Å²) in [6, 6.07) is 4.69. The Morgan fingerprint density at radius 2 is 1.56 bits per heavy atom. The van der Waals surface area contributed by atoms with Crippen LogP contribution in [0.4, 0.5) is 5.69 Å². The maximum absolute atomic E-state index is 13.7. The molecule has 1 aromatic carbocycles. The molecule has 0 fully saturated rings. The van der Waals surface area contributed by atoms with Crippen LogP contribution in [0.15, 0.2) is 23.0 Å². The number of hydrogen-bond acceptors (Lipinski definition) is 5. The molecule has 1 heterocycles. The fourth-order valence-electron chi connectivity index (χ4n) is 4.55. The van der Waals surface area contributed by atoms with Crippen LogP contribution in [0, 0.1) is 16.0 Å². The first kappa shape index (κ1) is 29.7. The molecule has 202 valence electrons. The van der Waals surface area contributed by atoms with Crippen molar-refractivity contribution in [3.8, 4) is 11.5 Å². The molecule has 0 aliphatic carbocycles. The smallest absolute Gasteiger partial charge is 0.297 e. The molecule has 0 spiro atoms. The van der Waals surface area contributed by atoms with Gasteiger partial charge in [0, 0.05) is 24.1 Å². The Morgan fingerprint density at radius 1 is 0.889 bits per heavy atom. The lowest BCUT2D eigenvalue weighted by atomic mass is 10.1. The highest BCUT2D eigenvalue weighted by Crippen LogP contribution is 2.35. The van der Waals surface area contributed by atoms with Gasteiger partial charge >= 0.3 is 0 Å². The summed E-state index contributed by atoms with van der Waals surface area (Å²) in [4.78, 5) is 24.9. The highest BCUT2D eigenvalue weighted by atomic mass is 16.6. The fraction of sp³-hybridized carbons (Fsp3) is 0.690. The minimum Gasteiger partial charge on any atom is -0.489 e. The number of nitro benzene ring substituents is 1. The quantitative estimate of drug-likeness (QED) is 0.110. The molecule has 0 radical (unpaired) electrons. The summed E-state index contributed by atoms with van der Waals surface area (Å²) in [5.74, 6) is 0.969. The van der Waals surface area contributed by atoms with Crippen molar-refractivity contribution in [1.82, 2.24) is 4.57 Å². The fourth-order valence-corrected chi connectivity index (χ4v) is 4.55. The molecule has 0 N–H and O–H groups in total. The molecule has 0 amide bonds. The Morgan fingerprint density at radius 3 is 2.22 bits per heavy atom. The summed E-state index contributed by atoms with van der Waals surface area (Å²) >= 11 is 0. The highest BCUT2D eigenvalue weighted by molar-refractivity contribution is 5.89. The standard InChI is InChI=1S/C29H46N2O5/c1-5-8-10-12-13-14-19-30-26-21-24(31(33)34)17-18-25(26)27(35-20-15-11-9-6-2)28(29(30)32)36-22-23(4)16-7-3/h17-18,21,23H,5-16,19-20,22H2,1-4H3. The number of aromatic nitrogens is 1. The number of benzene rings is 1. The molecule has 1 atom stereocenters. The van der Waals surface area contributed by atoms with Crippen molar-refractivity contribution in [1.29, 1.82) is 0 Å². The molecule has 1 aromatic heterocycles. The molecule has 2 aromatic rings. The zero-order valence-electron chi connectivity index (χ0n) is 22.9. The van der Waals surface area contributed by atoms with E-state index in [9.17, 15) is 14.9 Å². The van der Waals surface area contributed by atoms with Crippen molar-refractivity contribution in [2.24, 2.45) is 5.92 Å². The zero-order chi connectivity index (χ0) is 26.3. The lowest BCUT2D eigenvalue weighted by Crippen LogP contribution is -2.25. The number of pyridine rings is 1. The van der Waals surface area contributed by atoms with Gasteiger partial charge in [-0.2, -0.15) is 0 Å². The van der Waals surface area contributed by atoms with Crippen LogP contribution in [0.1, 0.15) is 105 Å². The Kier molecular flexibility index (Phi) is 13.4. The number of ether oxygens (including phenoxy) is 2. The van der Waals surface area contributed by atoms with E-state index in [1.54, 1.807) is 10.6 Å². The van der Waals surface area contributed by atoms with E-state index in [1.807, 2.05) is 0 Å². The predicted molar refractivity (Wildman–Crippen MR) is 147 cm³/mol. The molecule has 0 bridgehead atoms. The van der Waals surface area contributed by atoms with E-state index in [0.717, 1.165) is 57.8 Å². The topological polar surface area (TPSA) is 83.6 Å². The van der Waals surface area contributed by atoms with E-state index in [1.165, 1.54) is 31.4 Å². The van der Waals surface area contributed by atoms with Gasteiger partial charge in [0.2, 0.25) is 5.75 Å². The molecular formula is C29H46N2O5. The third kappa shape index (κ3) is 8.82. The third-order valence-electron chi connectivity index (χ3n) is 6.65.